The van der Waals surface area contributed by atoms with Crippen molar-refractivity contribution >= 4 is 46.3 Å². The van der Waals surface area contributed by atoms with Crippen LogP contribution in [0, 0.1) is 0 Å². The number of carbonyl (C=O) groups is 5. The summed E-state index contributed by atoms with van der Waals surface area (Å²) in [5, 5.41) is 5.41. The molecule has 14 heteroatoms. The number of piperidine rings is 1. The number of amides is 5. The number of unbranched alkanes of at least 4 members (excludes halogenated alkanes) is 2. The second kappa shape index (κ2) is 19.6. The van der Waals surface area contributed by atoms with Crippen LogP contribution in [-0.4, -0.2) is 70.6 Å². The molecule has 7 rings (SSSR count). The Morgan fingerprint density at radius 1 is 0.850 bits per heavy atom. The minimum Gasteiger partial charge on any atom is -0.381 e. The van der Waals surface area contributed by atoms with Crippen molar-refractivity contribution in [1.82, 2.24) is 19.8 Å². The van der Waals surface area contributed by atoms with Crippen LogP contribution in [0.1, 0.15) is 98.1 Å². The zero-order chi connectivity index (χ0) is 42.2. The molecule has 1 unspecified atom stereocenters. The fourth-order valence-corrected chi connectivity index (χ4v) is 8.75. The lowest BCUT2D eigenvalue weighted by Crippen LogP contribution is -2.51. The number of ether oxygens (including phenoxy) is 2. The second-order valence-electron chi connectivity index (χ2n) is 16.3. The molecule has 318 valence electrons. The maximum Gasteiger partial charge on any atom is 0.329 e. The summed E-state index contributed by atoms with van der Waals surface area (Å²) in [6.07, 6.45) is 9.07. The van der Waals surface area contributed by atoms with Crippen molar-refractivity contribution < 1.29 is 33.4 Å². The van der Waals surface area contributed by atoms with Crippen LogP contribution in [-0.2, 0) is 72.8 Å². The number of rotatable bonds is 20. The van der Waals surface area contributed by atoms with Crippen molar-refractivity contribution in [3.63, 3.8) is 0 Å². The second-order valence-corrected chi connectivity index (χ2v) is 16.3. The molecule has 3 atom stereocenters. The van der Waals surface area contributed by atoms with E-state index in [-0.39, 0.29) is 42.9 Å². The lowest BCUT2D eigenvalue weighted by Gasteiger charge is -2.27. The summed E-state index contributed by atoms with van der Waals surface area (Å²) in [6.45, 7) is 1.93. The number of primary amides is 1. The quantitative estimate of drug-likeness (QED) is 0.0874. The number of hydrogen-bond donors (Lipinski definition) is 3. The number of aromatic nitrogens is 2. The number of nitrogens with zero attached hydrogens (tertiary/aromatic N) is 3. The Bertz CT molecular complexity index is 2280. The molecule has 0 radical (unpaired) electrons. The summed E-state index contributed by atoms with van der Waals surface area (Å²) in [4.78, 5) is 77.2. The predicted octanol–water partition coefficient (Wildman–Crippen LogP) is 4.24. The SMILES string of the molecule is Cn1c(=O)n(C2CCC(=O)NC2=O)c2ccc(CCCCCOCCCc3ccc(COC[C@H](CCC(N)=O)NC(=O)[C@@H]4Cc5cccc6c5N4C(=O)CCC6)cc3)cc21. The van der Waals surface area contributed by atoms with Crippen molar-refractivity contribution in [1.29, 1.82) is 0 Å². The molecular weight excluding hydrogens is 765 g/mol. The minimum atomic E-state index is -0.686. The average molecular weight is 821 g/mol. The molecule has 1 fully saturated rings. The Morgan fingerprint density at radius 3 is 2.40 bits per heavy atom. The van der Waals surface area contributed by atoms with Gasteiger partial charge < -0.3 is 20.5 Å². The monoisotopic (exact) mass is 820 g/mol. The highest BCUT2D eigenvalue weighted by Gasteiger charge is 2.41. The van der Waals surface area contributed by atoms with E-state index in [1.54, 1.807) is 16.5 Å². The number of para-hydroxylation sites is 1. The molecule has 4 heterocycles. The first-order valence-electron chi connectivity index (χ1n) is 21.4. The summed E-state index contributed by atoms with van der Waals surface area (Å²) in [7, 11) is 1.71. The van der Waals surface area contributed by atoms with Gasteiger partial charge in [-0.2, -0.15) is 0 Å². The van der Waals surface area contributed by atoms with Crippen molar-refractivity contribution in [2.24, 2.45) is 12.8 Å². The van der Waals surface area contributed by atoms with Gasteiger partial charge in [-0.05, 0) is 97.7 Å². The highest BCUT2D eigenvalue weighted by molar-refractivity contribution is 6.04. The average Bonchev–Trinajstić information content (AvgIpc) is 3.68. The number of hydrogen-bond acceptors (Lipinski definition) is 8. The molecule has 0 aliphatic carbocycles. The van der Waals surface area contributed by atoms with Crippen LogP contribution in [0.5, 0.6) is 0 Å². The zero-order valence-electron chi connectivity index (χ0n) is 34.4. The van der Waals surface area contributed by atoms with Crippen LogP contribution < -0.4 is 27.0 Å². The summed E-state index contributed by atoms with van der Waals surface area (Å²) in [6, 6.07) is 18.5. The molecule has 60 heavy (non-hydrogen) atoms. The third kappa shape index (κ3) is 10.0. The molecule has 3 aliphatic heterocycles. The van der Waals surface area contributed by atoms with Gasteiger partial charge in [0.25, 0.3) is 0 Å². The van der Waals surface area contributed by atoms with Crippen LogP contribution in [0.3, 0.4) is 0 Å². The summed E-state index contributed by atoms with van der Waals surface area (Å²) in [5.74, 6) is -1.46. The number of aryl methyl sites for hydroxylation is 4. The Balaban J connectivity index is 0.785. The standard InChI is InChI=1S/C46H56N6O8/c1-50-38-26-31(18-20-36(38)51(46(50)58)37-21-23-41(54)49-44(37)56)8-3-2-4-24-59-25-7-9-30-14-16-32(17-15-30)28-60-29-35(19-22-40(47)53)48-45(57)39-27-34-12-5-10-33-11-6-13-42(55)52(39)43(33)34/h5,10,12,14-18,20,26,35,37,39H,2-4,6-9,11,13,19,21-25,27-29H2,1H3,(H2,47,53)(H,48,57)(H,49,54,56)/t35-,37?,39-/m0/s1. The van der Waals surface area contributed by atoms with Crippen LogP contribution in [0.25, 0.3) is 11.0 Å². The maximum atomic E-state index is 13.6. The molecule has 0 bridgehead atoms. The van der Waals surface area contributed by atoms with Gasteiger partial charge in [0, 0.05) is 45.9 Å². The van der Waals surface area contributed by atoms with E-state index in [0.29, 0.717) is 51.0 Å². The number of nitrogens with one attached hydrogen (secondary N) is 2. The normalized spacial score (nSPS) is 18.0. The fraction of sp³-hybridized carbons (Fsp3) is 0.478. The van der Waals surface area contributed by atoms with E-state index in [1.165, 1.54) is 10.1 Å². The number of imidazole rings is 1. The molecule has 3 aromatic carbocycles. The van der Waals surface area contributed by atoms with Crippen LogP contribution in [0.15, 0.2) is 65.5 Å². The third-order valence-electron chi connectivity index (χ3n) is 12.0. The van der Waals surface area contributed by atoms with Gasteiger partial charge in [-0.3, -0.25) is 43.3 Å². The lowest BCUT2D eigenvalue weighted by atomic mass is 10.0. The minimum absolute atomic E-state index is 0.0324. The number of benzene rings is 3. The lowest BCUT2D eigenvalue weighted by molar-refractivity contribution is -0.135. The van der Waals surface area contributed by atoms with Crippen molar-refractivity contribution in [2.75, 3.05) is 24.7 Å². The first-order valence-corrected chi connectivity index (χ1v) is 21.4. The van der Waals surface area contributed by atoms with Gasteiger partial charge in [0.15, 0.2) is 0 Å². The number of nitrogens with two attached hydrogens (primary N) is 1. The number of imide groups is 1. The summed E-state index contributed by atoms with van der Waals surface area (Å²) >= 11 is 0. The number of fused-ring (bicyclic) bond motifs is 1. The van der Waals surface area contributed by atoms with Gasteiger partial charge in [0.1, 0.15) is 12.1 Å². The van der Waals surface area contributed by atoms with Gasteiger partial charge in [-0.25, -0.2) is 4.79 Å². The fourth-order valence-electron chi connectivity index (χ4n) is 8.75. The Hall–Kier alpha value is -5.60. The highest BCUT2D eigenvalue weighted by atomic mass is 16.5. The first-order chi connectivity index (χ1) is 29.1. The Morgan fingerprint density at radius 2 is 1.60 bits per heavy atom. The Labute approximate surface area is 349 Å². The van der Waals surface area contributed by atoms with E-state index < -0.39 is 29.9 Å². The molecule has 4 N–H and O–H groups in total. The molecule has 0 saturated carbocycles. The van der Waals surface area contributed by atoms with E-state index in [2.05, 4.69) is 22.8 Å². The molecule has 4 aromatic rings. The molecule has 1 saturated heterocycles. The van der Waals surface area contributed by atoms with Gasteiger partial charge in [-0.1, -0.05) is 55.0 Å². The highest BCUT2D eigenvalue weighted by Crippen LogP contribution is 2.39. The topological polar surface area (TPSA) is 184 Å². The zero-order valence-corrected chi connectivity index (χ0v) is 34.4. The van der Waals surface area contributed by atoms with E-state index in [4.69, 9.17) is 15.2 Å². The molecule has 0 spiro atoms. The van der Waals surface area contributed by atoms with E-state index in [1.807, 2.05) is 48.5 Å². The van der Waals surface area contributed by atoms with Crippen LogP contribution in [0.4, 0.5) is 5.69 Å². The van der Waals surface area contributed by atoms with Gasteiger partial charge in [0.2, 0.25) is 29.5 Å². The van der Waals surface area contributed by atoms with E-state index >= 15 is 0 Å². The van der Waals surface area contributed by atoms with E-state index in [9.17, 15) is 28.8 Å². The molecule has 1 aromatic heterocycles. The predicted molar refractivity (Wildman–Crippen MR) is 226 cm³/mol. The largest absolute Gasteiger partial charge is 0.381 e. The van der Waals surface area contributed by atoms with Crippen LogP contribution >= 0.6 is 0 Å². The van der Waals surface area contributed by atoms with Crippen molar-refractivity contribution in [3.8, 4) is 0 Å². The smallest absolute Gasteiger partial charge is 0.329 e. The third-order valence-corrected chi connectivity index (χ3v) is 12.0. The van der Waals surface area contributed by atoms with Gasteiger partial charge >= 0.3 is 5.69 Å². The molecule has 14 nitrogen and oxygen atoms in total. The van der Waals surface area contributed by atoms with Crippen LogP contribution in [0.2, 0.25) is 0 Å². The van der Waals surface area contributed by atoms with Gasteiger partial charge in [0.05, 0.1) is 36.0 Å². The van der Waals surface area contributed by atoms with Crippen molar-refractivity contribution in [3.05, 3.63) is 99.0 Å². The van der Waals surface area contributed by atoms with E-state index in [0.717, 1.165) is 84.8 Å². The van der Waals surface area contributed by atoms with Crippen molar-refractivity contribution in [2.45, 2.75) is 115 Å². The maximum absolute atomic E-state index is 13.6. The molecular formula is C46H56N6O8. The summed E-state index contributed by atoms with van der Waals surface area (Å²) in [5.41, 5.74) is 13.0. The first kappa shape index (κ1) is 42.5. The number of anilines is 1. The number of carbonyl (C=O) groups excluding carboxylic acids is 5. The Kier molecular flexibility index (Phi) is 13.9. The molecule has 3 aliphatic rings. The molecule has 5 amide bonds. The van der Waals surface area contributed by atoms with Gasteiger partial charge in [-0.15, -0.1) is 0 Å². The summed E-state index contributed by atoms with van der Waals surface area (Å²) < 4.78 is 15.0.